The van der Waals surface area contributed by atoms with Gasteiger partial charge in [-0.25, -0.2) is 4.98 Å². The predicted octanol–water partition coefficient (Wildman–Crippen LogP) is 0.421. The molecule has 1 fully saturated rings. The first kappa shape index (κ1) is 13.0. The number of thiazole rings is 1. The summed E-state index contributed by atoms with van der Waals surface area (Å²) in [6.07, 6.45) is 4.14. The molecule has 0 aromatic carbocycles. The number of anilines is 1. The van der Waals surface area contributed by atoms with E-state index in [0.29, 0.717) is 18.1 Å². The van der Waals surface area contributed by atoms with E-state index in [1.807, 2.05) is 0 Å². The first-order valence-corrected chi connectivity index (χ1v) is 6.78. The molecule has 3 N–H and O–H groups in total. The number of hydrogen-bond donors (Lipinski definition) is 2. The first-order valence-electron chi connectivity index (χ1n) is 5.90. The molecule has 0 aliphatic carbocycles. The lowest BCUT2D eigenvalue weighted by molar-refractivity contribution is -0.135. The average molecular weight is 268 g/mol. The second-order valence-corrected chi connectivity index (χ2v) is 5.14. The lowest BCUT2D eigenvalue weighted by atomic mass is 10.1. The summed E-state index contributed by atoms with van der Waals surface area (Å²) in [5.41, 5.74) is 5.75. The third-order valence-corrected chi connectivity index (χ3v) is 3.52. The summed E-state index contributed by atoms with van der Waals surface area (Å²) in [5, 5.41) is 4.99. The summed E-state index contributed by atoms with van der Waals surface area (Å²) < 4.78 is 0. The molecule has 1 unspecified atom stereocenters. The van der Waals surface area contributed by atoms with E-state index in [9.17, 15) is 9.59 Å². The number of rotatable bonds is 3. The highest BCUT2D eigenvalue weighted by atomic mass is 32.1. The van der Waals surface area contributed by atoms with Crippen LogP contribution in [0.15, 0.2) is 11.6 Å². The molecule has 1 aliphatic heterocycles. The number of carbonyl (C=O) groups is 2. The summed E-state index contributed by atoms with van der Waals surface area (Å²) in [6.45, 7) is 0.643. The summed E-state index contributed by atoms with van der Waals surface area (Å²) in [6, 6.07) is -0.472. The van der Waals surface area contributed by atoms with Crippen LogP contribution in [0.4, 0.5) is 5.13 Å². The van der Waals surface area contributed by atoms with Gasteiger partial charge in [0.15, 0.2) is 5.13 Å². The van der Waals surface area contributed by atoms with Crippen LogP contribution in [0.3, 0.4) is 0 Å². The molecule has 1 aromatic rings. The summed E-state index contributed by atoms with van der Waals surface area (Å²) in [7, 11) is 0. The van der Waals surface area contributed by atoms with E-state index < -0.39 is 6.04 Å². The molecule has 6 nitrogen and oxygen atoms in total. The van der Waals surface area contributed by atoms with E-state index in [0.717, 1.165) is 12.8 Å². The quantitative estimate of drug-likeness (QED) is 0.831. The Bertz CT molecular complexity index is 421. The number of likely N-dealkylation sites (tertiary alicyclic amines) is 1. The van der Waals surface area contributed by atoms with E-state index in [1.165, 1.54) is 16.2 Å². The Morgan fingerprint density at radius 1 is 1.61 bits per heavy atom. The van der Waals surface area contributed by atoms with Gasteiger partial charge in [0.2, 0.25) is 11.8 Å². The maximum absolute atomic E-state index is 11.9. The summed E-state index contributed by atoms with van der Waals surface area (Å²) >= 11 is 1.35. The molecule has 98 valence electrons. The molecule has 0 radical (unpaired) electrons. The third kappa shape index (κ3) is 3.27. The van der Waals surface area contributed by atoms with Crippen molar-refractivity contribution >= 4 is 28.3 Å². The van der Waals surface area contributed by atoms with Gasteiger partial charge in [0.05, 0.1) is 12.6 Å². The van der Waals surface area contributed by atoms with Gasteiger partial charge in [-0.2, -0.15) is 0 Å². The van der Waals surface area contributed by atoms with Gasteiger partial charge in [0, 0.05) is 18.1 Å². The molecule has 0 spiro atoms. The van der Waals surface area contributed by atoms with Gasteiger partial charge in [0.25, 0.3) is 0 Å². The highest BCUT2D eigenvalue weighted by Gasteiger charge is 2.25. The van der Waals surface area contributed by atoms with E-state index in [2.05, 4.69) is 10.3 Å². The molecule has 1 atom stereocenters. The van der Waals surface area contributed by atoms with E-state index >= 15 is 0 Å². The number of aromatic nitrogens is 1. The molecule has 2 amide bonds. The number of nitrogens with zero attached hydrogens (tertiary/aromatic N) is 2. The normalized spacial score (nSPS) is 20.6. The van der Waals surface area contributed by atoms with Crippen molar-refractivity contribution in [3.8, 4) is 0 Å². The van der Waals surface area contributed by atoms with Crippen molar-refractivity contribution in [3.05, 3.63) is 11.6 Å². The van der Waals surface area contributed by atoms with Crippen molar-refractivity contribution in [2.24, 2.45) is 5.73 Å². The van der Waals surface area contributed by atoms with E-state index in [1.54, 1.807) is 11.6 Å². The fourth-order valence-corrected chi connectivity index (χ4v) is 2.45. The average Bonchev–Trinajstić information content (AvgIpc) is 2.79. The lowest BCUT2D eigenvalue weighted by Gasteiger charge is -2.21. The van der Waals surface area contributed by atoms with Crippen LogP contribution in [0.1, 0.15) is 19.3 Å². The van der Waals surface area contributed by atoms with Gasteiger partial charge in [0.1, 0.15) is 0 Å². The molecular weight excluding hydrogens is 252 g/mol. The standard InChI is InChI=1S/C11H16N4O2S/c12-8-3-1-2-5-15(10(8)17)7-9(16)14-11-13-4-6-18-11/h4,6,8H,1-3,5,7,12H2,(H,13,14,16). The van der Waals surface area contributed by atoms with Crippen LogP contribution in [-0.2, 0) is 9.59 Å². The Morgan fingerprint density at radius 2 is 2.44 bits per heavy atom. The number of nitrogens with one attached hydrogen (secondary N) is 1. The minimum Gasteiger partial charge on any atom is -0.332 e. The molecule has 1 saturated heterocycles. The predicted molar refractivity (Wildman–Crippen MR) is 69.2 cm³/mol. The molecule has 18 heavy (non-hydrogen) atoms. The molecule has 7 heteroatoms. The molecule has 2 rings (SSSR count). The fourth-order valence-electron chi connectivity index (χ4n) is 1.91. The Morgan fingerprint density at radius 3 is 3.17 bits per heavy atom. The summed E-state index contributed by atoms with van der Waals surface area (Å²) in [5.74, 6) is -0.366. The zero-order valence-electron chi connectivity index (χ0n) is 9.96. The van der Waals surface area contributed by atoms with Crippen molar-refractivity contribution in [1.82, 2.24) is 9.88 Å². The van der Waals surface area contributed by atoms with Crippen molar-refractivity contribution in [2.75, 3.05) is 18.4 Å². The number of nitrogens with two attached hydrogens (primary N) is 1. The molecule has 0 saturated carbocycles. The zero-order chi connectivity index (χ0) is 13.0. The maximum atomic E-state index is 11.9. The van der Waals surface area contributed by atoms with Gasteiger partial charge in [-0.05, 0) is 19.3 Å². The Kier molecular flexibility index (Phi) is 4.27. The number of hydrogen-bond acceptors (Lipinski definition) is 5. The SMILES string of the molecule is NC1CCCCN(CC(=O)Nc2nccs2)C1=O. The molecular formula is C11H16N4O2S. The third-order valence-electron chi connectivity index (χ3n) is 2.84. The topological polar surface area (TPSA) is 88.3 Å². The Hall–Kier alpha value is -1.47. The minimum absolute atomic E-state index is 0.0477. The fraction of sp³-hybridized carbons (Fsp3) is 0.545. The van der Waals surface area contributed by atoms with Crippen LogP contribution < -0.4 is 11.1 Å². The van der Waals surface area contributed by atoms with Gasteiger partial charge >= 0.3 is 0 Å². The van der Waals surface area contributed by atoms with Crippen molar-refractivity contribution in [2.45, 2.75) is 25.3 Å². The van der Waals surface area contributed by atoms with Gasteiger partial charge < -0.3 is 16.0 Å². The number of carbonyl (C=O) groups excluding carboxylic acids is 2. The van der Waals surface area contributed by atoms with Crippen molar-refractivity contribution in [3.63, 3.8) is 0 Å². The highest BCUT2D eigenvalue weighted by molar-refractivity contribution is 7.13. The Balaban J connectivity index is 1.91. The van der Waals surface area contributed by atoms with E-state index in [4.69, 9.17) is 5.73 Å². The number of amides is 2. The largest absolute Gasteiger partial charge is 0.332 e. The van der Waals surface area contributed by atoms with Gasteiger partial charge in [-0.15, -0.1) is 11.3 Å². The van der Waals surface area contributed by atoms with Crippen LogP contribution in [0.25, 0.3) is 0 Å². The zero-order valence-corrected chi connectivity index (χ0v) is 10.8. The van der Waals surface area contributed by atoms with Crippen LogP contribution in [0.2, 0.25) is 0 Å². The molecule has 1 aromatic heterocycles. The van der Waals surface area contributed by atoms with Crippen LogP contribution >= 0.6 is 11.3 Å². The minimum atomic E-state index is -0.472. The lowest BCUT2D eigenvalue weighted by Crippen LogP contribution is -2.45. The highest BCUT2D eigenvalue weighted by Crippen LogP contribution is 2.12. The Labute approximate surface area is 109 Å². The summed E-state index contributed by atoms with van der Waals surface area (Å²) in [4.78, 5) is 29.1. The first-order chi connectivity index (χ1) is 8.66. The van der Waals surface area contributed by atoms with Gasteiger partial charge in [-0.1, -0.05) is 0 Å². The van der Waals surface area contributed by atoms with Crippen LogP contribution in [-0.4, -0.2) is 40.8 Å². The van der Waals surface area contributed by atoms with E-state index in [-0.39, 0.29) is 18.4 Å². The van der Waals surface area contributed by atoms with Crippen molar-refractivity contribution in [1.29, 1.82) is 0 Å². The second-order valence-electron chi connectivity index (χ2n) is 4.25. The molecule has 2 heterocycles. The van der Waals surface area contributed by atoms with Gasteiger partial charge in [-0.3, -0.25) is 9.59 Å². The van der Waals surface area contributed by atoms with Crippen LogP contribution in [0, 0.1) is 0 Å². The van der Waals surface area contributed by atoms with Crippen molar-refractivity contribution < 1.29 is 9.59 Å². The monoisotopic (exact) mass is 268 g/mol. The maximum Gasteiger partial charge on any atom is 0.245 e. The smallest absolute Gasteiger partial charge is 0.245 e. The second kappa shape index (κ2) is 5.92. The molecule has 1 aliphatic rings. The molecule has 0 bridgehead atoms. The van der Waals surface area contributed by atoms with Crippen LogP contribution in [0.5, 0.6) is 0 Å².